The Morgan fingerprint density at radius 1 is 1.30 bits per heavy atom. The summed E-state index contributed by atoms with van der Waals surface area (Å²) in [4.78, 5) is 11.0. The third-order valence-electron chi connectivity index (χ3n) is 3.56. The third kappa shape index (κ3) is 3.58. The number of carbonyl (C=O) groups is 1. The van der Waals surface area contributed by atoms with Crippen molar-refractivity contribution in [2.75, 3.05) is 12.3 Å². The van der Waals surface area contributed by atoms with E-state index in [1.54, 1.807) is 0 Å². The largest absolute Gasteiger partial charge is 0.480 e. The lowest BCUT2D eigenvalue weighted by atomic mass is 10.1. The molecule has 1 aliphatic rings. The first-order valence-corrected chi connectivity index (χ1v) is 8.38. The second-order valence-corrected chi connectivity index (χ2v) is 7.05. The van der Waals surface area contributed by atoms with Gasteiger partial charge in [-0.1, -0.05) is 30.3 Å². The number of benzene rings is 1. The van der Waals surface area contributed by atoms with E-state index in [4.69, 9.17) is 5.11 Å². The monoisotopic (exact) mass is 297 g/mol. The fraction of sp³-hybridized carbons (Fsp3) is 0.500. The van der Waals surface area contributed by atoms with Gasteiger partial charge >= 0.3 is 5.97 Å². The fourth-order valence-corrected chi connectivity index (χ4v) is 4.27. The Bertz CT molecular complexity index is 556. The van der Waals surface area contributed by atoms with Gasteiger partial charge in [-0.05, 0) is 31.2 Å². The predicted octanol–water partition coefficient (Wildman–Crippen LogP) is 1.50. The maximum Gasteiger partial charge on any atom is 0.322 e. The van der Waals surface area contributed by atoms with E-state index in [-0.39, 0.29) is 5.75 Å². The Morgan fingerprint density at radius 2 is 2.00 bits per heavy atom. The molecule has 1 heterocycles. The minimum absolute atomic E-state index is 0.00563. The van der Waals surface area contributed by atoms with Crippen molar-refractivity contribution in [3.8, 4) is 0 Å². The molecule has 1 aliphatic heterocycles. The highest BCUT2D eigenvalue weighted by Gasteiger charge is 2.38. The molecule has 110 valence electrons. The van der Waals surface area contributed by atoms with Gasteiger partial charge in [-0.15, -0.1) is 0 Å². The average molecular weight is 297 g/mol. The lowest BCUT2D eigenvalue weighted by Gasteiger charge is -2.20. The molecule has 0 aliphatic carbocycles. The summed E-state index contributed by atoms with van der Waals surface area (Å²) in [6.45, 7) is 0.324. The average Bonchev–Trinajstić information content (AvgIpc) is 2.90. The first-order chi connectivity index (χ1) is 9.50. The number of hydrogen-bond donors (Lipinski definition) is 1. The van der Waals surface area contributed by atoms with Crippen LogP contribution in [0.15, 0.2) is 30.3 Å². The quantitative estimate of drug-likeness (QED) is 0.863. The summed E-state index contributed by atoms with van der Waals surface area (Å²) in [5.41, 5.74) is 1.10. The third-order valence-corrected chi connectivity index (χ3v) is 5.51. The molecule has 1 atom stereocenters. The standard InChI is InChI=1S/C14H19NO4S/c16-14(17)13-9-4-10-15(13)20(18,19)11-5-8-12-6-2-1-3-7-12/h1-3,6-7,13H,4-5,8-11H2,(H,16,17). The molecule has 0 aromatic heterocycles. The molecule has 1 aromatic rings. The first-order valence-electron chi connectivity index (χ1n) is 6.77. The molecule has 6 heteroatoms. The van der Waals surface area contributed by atoms with E-state index in [0.717, 1.165) is 9.87 Å². The molecule has 0 saturated carbocycles. The van der Waals surface area contributed by atoms with Crippen LogP contribution in [-0.2, 0) is 21.2 Å². The summed E-state index contributed by atoms with van der Waals surface area (Å²) in [6.07, 6.45) is 2.23. The molecule has 0 radical (unpaired) electrons. The summed E-state index contributed by atoms with van der Waals surface area (Å²) in [5, 5.41) is 9.04. The zero-order valence-electron chi connectivity index (χ0n) is 11.2. The molecule has 1 fully saturated rings. The number of hydrogen-bond acceptors (Lipinski definition) is 3. The van der Waals surface area contributed by atoms with Gasteiger partial charge in [0.05, 0.1) is 5.75 Å². The first kappa shape index (κ1) is 15.0. The second kappa shape index (κ2) is 6.37. The highest BCUT2D eigenvalue weighted by Crippen LogP contribution is 2.22. The molecule has 20 heavy (non-hydrogen) atoms. The van der Waals surface area contributed by atoms with E-state index in [0.29, 0.717) is 32.2 Å². The minimum atomic E-state index is -3.47. The van der Waals surface area contributed by atoms with Crippen molar-refractivity contribution in [2.24, 2.45) is 0 Å². The summed E-state index contributed by atoms with van der Waals surface area (Å²) in [7, 11) is -3.47. The van der Waals surface area contributed by atoms with Crippen LogP contribution in [0, 0.1) is 0 Å². The van der Waals surface area contributed by atoms with Crippen LogP contribution in [0.3, 0.4) is 0 Å². The van der Waals surface area contributed by atoms with Crippen LogP contribution in [0.2, 0.25) is 0 Å². The lowest BCUT2D eigenvalue weighted by Crippen LogP contribution is -2.41. The number of sulfonamides is 1. The Hall–Kier alpha value is -1.40. The van der Waals surface area contributed by atoms with Crippen LogP contribution >= 0.6 is 0 Å². The van der Waals surface area contributed by atoms with Gasteiger partial charge in [-0.25, -0.2) is 8.42 Å². The molecule has 1 saturated heterocycles. The van der Waals surface area contributed by atoms with Crippen molar-refractivity contribution in [2.45, 2.75) is 31.7 Å². The smallest absolute Gasteiger partial charge is 0.322 e. The van der Waals surface area contributed by atoms with Crippen molar-refractivity contribution >= 4 is 16.0 Å². The topological polar surface area (TPSA) is 74.7 Å². The number of aryl methyl sites for hydroxylation is 1. The van der Waals surface area contributed by atoms with Gasteiger partial charge in [-0.2, -0.15) is 4.31 Å². The van der Waals surface area contributed by atoms with E-state index in [1.807, 2.05) is 30.3 Å². The molecule has 1 N–H and O–H groups in total. The van der Waals surface area contributed by atoms with Gasteiger partial charge in [0.15, 0.2) is 0 Å². The van der Waals surface area contributed by atoms with E-state index >= 15 is 0 Å². The van der Waals surface area contributed by atoms with Crippen LogP contribution in [0.4, 0.5) is 0 Å². The normalized spacial score (nSPS) is 20.1. The van der Waals surface area contributed by atoms with Crippen molar-refractivity contribution in [1.29, 1.82) is 0 Å². The zero-order chi connectivity index (χ0) is 14.6. The van der Waals surface area contributed by atoms with Gasteiger partial charge in [0.25, 0.3) is 0 Å². The highest BCUT2D eigenvalue weighted by atomic mass is 32.2. The summed E-state index contributed by atoms with van der Waals surface area (Å²) in [5.74, 6) is -1.04. The zero-order valence-corrected chi connectivity index (χ0v) is 12.1. The Morgan fingerprint density at radius 3 is 2.65 bits per heavy atom. The number of carboxylic acid groups (broad SMARTS) is 1. The van der Waals surface area contributed by atoms with Crippen molar-refractivity contribution in [1.82, 2.24) is 4.31 Å². The second-order valence-electron chi connectivity index (χ2n) is 5.01. The predicted molar refractivity (Wildman–Crippen MR) is 75.9 cm³/mol. The van der Waals surface area contributed by atoms with E-state index in [9.17, 15) is 13.2 Å². The number of rotatable bonds is 6. The van der Waals surface area contributed by atoms with Gasteiger partial charge in [0, 0.05) is 6.54 Å². The Kier molecular flexibility index (Phi) is 4.77. The fourth-order valence-electron chi connectivity index (χ4n) is 2.54. The lowest BCUT2D eigenvalue weighted by molar-refractivity contribution is -0.140. The molecular weight excluding hydrogens is 278 g/mol. The van der Waals surface area contributed by atoms with Crippen LogP contribution in [-0.4, -0.2) is 42.1 Å². The SMILES string of the molecule is O=C(O)C1CCCN1S(=O)(=O)CCCc1ccccc1. The molecule has 0 bridgehead atoms. The van der Waals surface area contributed by atoms with Crippen molar-refractivity contribution in [3.63, 3.8) is 0 Å². The summed E-state index contributed by atoms with van der Waals surface area (Å²) < 4.78 is 25.6. The molecule has 1 aromatic carbocycles. The van der Waals surface area contributed by atoms with Crippen molar-refractivity contribution in [3.05, 3.63) is 35.9 Å². The van der Waals surface area contributed by atoms with E-state index < -0.39 is 22.0 Å². The van der Waals surface area contributed by atoms with Gasteiger partial charge < -0.3 is 5.11 Å². The maximum absolute atomic E-state index is 12.2. The van der Waals surface area contributed by atoms with E-state index in [1.165, 1.54) is 0 Å². The van der Waals surface area contributed by atoms with Gasteiger partial charge in [-0.3, -0.25) is 4.79 Å². The molecule has 0 spiro atoms. The summed E-state index contributed by atoms with van der Waals surface area (Å²) >= 11 is 0. The molecular formula is C14H19NO4S. The number of aliphatic carboxylic acids is 1. The molecule has 2 rings (SSSR count). The maximum atomic E-state index is 12.2. The number of nitrogens with zero attached hydrogens (tertiary/aromatic N) is 1. The van der Waals surface area contributed by atoms with Gasteiger partial charge in [0.1, 0.15) is 6.04 Å². The molecule has 0 amide bonds. The Labute approximate surface area is 119 Å². The van der Waals surface area contributed by atoms with Crippen molar-refractivity contribution < 1.29 is 18.3 Å². The molecule has 5 nitrogen and oxygen atoms in total. The van der Waals surface area contributed by atoms with Crippen LogP contribution in [0.25, 0.3) is 0 Å². The molecule has 1 unspecified atom stereocenters. The van der Waals surface area contributed by atoms with E-state index in [2.05, 4.69) is 0 Å². The minimum Gasteiger partial charge on any atom is -0.480 e. The summed E-state index contributed by atoms with van der Waals surface area (Å²) in [6, 6.07) is 8.81. The van der Waals surface area contributed by atoms with Crippen LogP contribution < -0.4 is 0 Å². The van der Waals surface area contributed by atoms with Crippen LogP contribution in [0.5, 0.6) is 0 Å². The van der Waals surface area contributed by atoms with Gasteiger partial charge in [0.2, 0.25) is 10.0 Å². The van der Waals surface area contributed by atoms with Crippen LogP contribution in [0.1, 0.15) is 24.8 Å². The Balaban J connectivity index is 1.92. The number of carboxylic acids is 1. The highest BCUT2D eigenvalue weighted by molar-refractivity contribution is 7.89.